The Morgan fingerprint density at radius 1 is 1.15 bits per heavy atom. The van der Waals surface area contributed by atoms with Crippen molar-refractivity contribution in [3.8, 4) is 5.75 Å². The number of nitrogens with zero attached hydrogens (tertiary/aromatic N) is 9. The molecule has 0 radical (unpaired) electrons. The zero-order chi connectivity index (χ0) is 32.6. The third-order valence-corrected chi connectivity index (χ3v) is 9.19. The normalized spacial score (nSPS) is 22.3. The van der Waals surface area contributed by atoms with Crippen molar-refractivity contribution in [3.05, 3.63) is 68.3 Å². The van der Waals surface area contributed by atoms with E-state index in [1.807, 2.05) is 6.08 Å². The number of carbonyl (C=O) groups excluding carboxylic acids is 3. The van der Waals surface area contributed by atoms with Crippen molar-refractivity contribution >= 4 is 45.9 Å². The molecule has 1 aromatic carbocycles. The summed E-state index contributed by atoms with van der Waals surface area (Å²) in [6, 6.07) is 3.95. The highest BCUT2D eigenvalue weighted by Crippen LogP contribution is 2.36. The molecule has 1 unspecified atom stereocenters. The van der Waals surface area contributed by atoms with Crippen molar-refractivity contribution < 1.29 is 23.9 Å². The number of alkyl halides is 1. The van der Waals surface area contributed by atoms with Crippen molar-refractivity contribution in [1.82, 2.24) is 20.4 Å². The van der Waals surface area contributed by atoms with Crippen LogP contribution in [-0.4, -0.2) is 82.7 Å². The van der Waals surface area contributed by atoms with Crippen LogP contribution in [0.1, 0.15) is 48.9 Å². The molecule has 46 heavy (non-hydrogen) atoms. The minimum atomic E-state index is -0.697. The molecule has 3 fully saturated rings. The van der Waals surface area contributed by atoms with Gasteiger partial charge in [0.1, 0.15) is 29.2 Å². The maximum atomic E-state index is 13.6. The average molecular weight is 747 g/mol. The number of nitrogens with two attached hydrogens (primary N) is 1. The Kier molecular flexibility index (Phi) is 11.2. The molecule has 244 valence electrons. The standard InChI is InChI=1S/C28H35IN12O5/c29-15-39-22-7-8-25(36-26(22)40(19-9-11-45-12-10-19)23(28(39)44)14-33-37-30)41(32)21-6-1-17(13-24(21)46-16-34-38-31)27(43)35-18-2-4-20(42)5-3-18/h1,6-8,13,18-19,23,26,36H,2-5,9-12,14-16,32H2,(H,35,43)/t23-,26?/m1/s1. The number of rotatable bonds is 11. The lowest BCUT2D eigenvalue weighted by Crippen LogP contribution is -2.69. The Bertz CT molecular complexity index is 1490. The third kappa shape index (κ3) is 7.32. The largest absolute Gasteiger partial charge is 0.485 e. The number of dihydropyridines is 1. The Morgan fingerprint density at radius 2 is 1.89 bits per heavy atom. The molecule has 0 aromatic heterocycles. The maximum absolute atomic E-state index is 13.6. The van der Waals surface area contributed by atoms with Gasteiger partial charge in [-0.2, -0.15) is 0 Å². The number of benzene rings is 1. The number of carbonyl (C=O) groups is 3. The first kappa shape index (κ1) is 33.3. The summed E-state index contributed by atoms with van der Waals surface area (Å²) in [4.78, 5) is 47.8. The second kappa shape index (κ2) is 15.5. The summed E-state index contributed by atoms with van der Waals surface area (Å²) >= 11 is 2.13. The van der Waals surface area contributed by atoms with Crippen LogP contribution < -0.4 is 26.2 Å². The molecule has 3 aliphatic heterocycles. The van der Waals surface area contributed by atoms with Gasteiger partial charge in [-0.05, 0) is 67.1 Å². The van der Waals surface area contributed by atoms with Crippen molar-refractivity contribution in [2.75, 3.05) is 36.0 Å². The van der Waals surface area contributed by atoms with Crippen molar-refractivity contribution in [1.29, 1.82) is 0 Å². The van der Waals surface area contributed by atoms with Gasteiger partial charge in [0.2, 0.25) is 5.91 Å². The number of piperazine rings is 1. The number of amides is 2. The number of allylic oxidation sites excluding steroid dienone is 2. The Labute approximate surface area is 278 Å². The van der Waals surface area contributed by atoms with E-state index >= 15 is 0 Å². The summed E-state index contributed by atoms with van der Waals surface area (Å²) in [6.07, 6.45) is 6.54. The molecular formula is C28H35IN12O5. The summed E-state index contributed by atoms with van der Waals surface area (Å²) in [7, 11) is 0. The molecule has 0 bridgehead atoms. The van der Waals surface area contributed by atoms with Crippen LogP contribution in [0.3, 0.4) is 0 Å². The van der Waals surface area contributed by atoms with Gasteiger partial charge >= 0.3 is 0 Å². The van der Waals surface area contributed by atoms with Gasteiger partial charge in [0, 0.05) is 53.5 Å². The molecule has 1 aliphatic carbocycles. The molecule has 2 atom stereocenters. The topological polar surface area (TPSA) is 227 Å². The first-order valence-corrected chi connectivity index (χ1v) is 16.5. The van der Waals surface area contributed by atoms with Crippen molar-refractivity contribution in [2.45, 2.75) is 62.8 Å². The zero-order valence-corrected chi connectivity index (χ0v) is 27.2. The van der Waals surface area contributed by atoms with Gasteiger partial charge in [-0.3, -0.25) is 24.3 Å². The Hall–Kier alpha value is -4.06. The second-order valence-electron chi connectivity index (χ2n) is 11.1. The number of fused-ring (bicyclic) bond motifs is 1. The fourth-order valence-corrected chi connectivity index (χ4v) is 6.92. The second-order valence-corrected chi connectivity index (χ2v) is 11.8. The highest BCUT2D eigenvalue weighted by molar-refractivity contribution is 14.1. The predicted octanol–water partition coefficient (Wildman–Crippen LogP) is 3.30. The van der Waals surface area contributed by atoms with E-state index in [1.165, 1.54) is 11.1 Å². The van der Waals surface area contributed by atoms with E-state index in [4.69, 9.17) is 26.4 Å². The van der Waals surface area contributed by atoms with Gasteiger partial charge in [-0.15, -0.1) is 0 Å². The fourth-order valence-electron chi connectivity index (χ4n) is 6.19. The van der Waals surface area contributed by atoms with Gasteiger partial charge in [0.15, 0.2) is 6.73 Å². The molecule has 17 nitrogen and oxygen atoms in total. The van der Waals surface area contributed by atoms with Crippen molar-refractivity contribution in [3.63, 3.8) is 0 Å². The molecule has 1 saturated carbocycles. The molecule has 4 aliphatic rings. The molecule has 2 amide bonds. The van der Waals surface area contributed by atoms with Crippen LogP contribution in [0.4, 0.5) is 5.69 Å². The highest BCUT2D eigenvalue weighted by Gasteiger charge is 2.47. The van der Waals surface area contributed by atoms with Crippen LogP contribution in [0.15, 0.2) is 52.1 Å². The molecule has 1 aromatic rings. The van der Waals surface area contributed by atoms with Crippen molar-refractivity contribution in [2.24, 2.45) is 16.1 Å². The molecule has 0 spiro atoms. The van der Waals surface area contributed by atoms with Crippen LogP contribution in [0, 0.1) is 0 Å². The first-order valence-electron chi connectivity index (χ1n) is 14.9. The van der Waals surface area contributed by atoms with Gasteiger partial charge in [0.05, 0.1) is 22.8 Å². The van der Waals surface area contributed by atoms with Crippen LogP contribution in [0.5, 0.6) is 5.75 Å². The average Bonchev–Trinajstić information content (AvgIpc) is 3.08. The fraction of sp³-hybridized carbons (Fsp3) is 0.536. The number of anilines is 1. The monoisotopic (exact) mass is 746 g/mol. The smallest absolute Gasteiger partial charge is 0.251 e. The number of halogens is 1. The van der Waals surface area contributed by atoms with Crippen LogP contribution >= 0.6 is 22.6 Å². The maximum Gasteiger partial charge on any atom is 0.251 e. The molecule has 5 rings (SSSR count). The lowest BCUT2D eigenvalue weighted by Gasteiger charge is -2.52. The van der Waals surface area contributed by atoms with E-state index in [0.29, 0.717) is 73.4 Å². The number of Topliss-reactive ketones (excluding diaryl/α,β-unsaturated/α-hetero) is 1. The van der Waals surface area contributed by atoms with Gasteiger partial charge in [-0.25, -0.2) is 5.84 Å². The Balaban J connectivity index is 1.44. The number of hydrogen-bond acceptors (Lipinski definition) is 11. The van der Waals surface area contributed by atoms with E-state index in [0.717, 1.165) is 5.70 Å². The van der Waals surface area contributed by atoms with Crippen LogP contribution in [-0.2, 0) is 14.3 Å². The minimum Gasteiger partial charge on any atom is -0.485 e. The number of nitrogens with one attached hydrogen (secondary N) is 2. The Morgan fingerprint density at radius 3 is 2.59 bits per heavy atom. The minimum absolute atomic E-state index is 0.0257. The molecule has 2 saturated heterocycles. The van der Waals surface area contributed by atoms with Crippen LogP contribution in [0.2, 0.25) is 0 Å². The quantitative estimate of drug-likeness (QED) is 0.0441. The summed E-state index contributed by atoms with van der Waals surface area (Å²) < 4.78 is 11.7. The van der Waals surface area contributed by atoms with E-state index in [9.17, 15) is 14.4 Å². The highest BCUT2D eigenvalue weighted by atomic mass is 127. The molecule has 3 heterocycles. The summed E-state index contributed by atoms with van der Waals surface area (Å²) in [5.41, 5.74) is 19.3. The summed E-state index contributed by atoms with van der Waals surface area (Å²) in [5, 5.41) is 15.1. The molecular weight excluding hydrogens is 711 g/mol. The predicted molar refractivity (Wildman–Crippen MR) is 175 cm³/mol. The van der Waals surface area contributed by atoms with E-state index in [2.05, 4.69) is 58.2 Å². The molecule has 4 N–H and O–H groups in total. The zero-order valence-electron chi connectivity index (χ0n) is 25.0. The SMILES string of the molecule is [N-]=[N+]=NCOc1cc(C(=O)NC2CCC(=O)CC2)ccc1N(N)C1=CC=C2C(N1)N(C1CCOCC1)[C@H](CN=[N+]=[N-])C(=O)N2CI. The number of ketones is 1. The van der Waals surface area contributed by atoms with Crippen LogP contribution in [0.25, 0.3) is 20.9 Å². The summed E-state index contributed by atoms with van der Waals surface area (Å²) in [6.45, 7) is 0.718. The lowest BCUT2D eigenvalue weighted by molar-refractivity contribution is -0.143. The number of ether oxygens (including phenoxy) is 2. The molecule has 18 heteroatoms. The summed E-state index contributed by atoms with van der Waals surface area (Å²) in [5.74, 6) is 7.08. The number of hydrazine groups is 1. The number of azide groups is 2. The van der Waals surface area contributed by atoms with E-state index < -0.39 is 12.2 Å². The van der Waals surface area contributed by atoms with Gasteiger partial charge in [0.25, 0.3) is 5.91 Å². The number of hydrogen-bond donors (Lipinski definition) is 3. The lowest BCUT2D eigenvalue weighted by atomic mass is 9.94. The van der Waals surface area contributed by atoms with Gasteiger partial charge in [-0.1, -0.05) is 32.8 Å². The third-order valence-electron chi connectivity index (χ3n) is 8.51. The van der Waals surface area contributed by atoms with Gasteiger partial charge < -0.3 is 25.0 Å². The van der Waals surface area contributed by atoms with E-state index in [-0.39, 0.29) is 48.7 Å². The van der Waals surface area contributed by atoms with E-state index in [1.54, 1.807) is 23.1 Å². The first-order chi connectivity index (χ1) is 22.4.